The summed E-state index contributed by atoms with van der Waals surface area (Å²) in [5, 5.41) is 8.74. The molecule has 0 saturated carbocycles. The molecule has 2 nitrogen and oxygen atoms in total. The van der Waals surface area contributed by atoms with Crippen LogP contribution in [0.25, 0.3) is 0 Å². The highest BCUT2D eigenvalue weighted by Gasteiger charge is 2.43. The first-order valence-corrected chi connectivity index (χ1v) is 8.33. The van der Waals surface area contributed by atoms with E-state index in [1.807, 2.05) is 0 Å². The van der Waals surface area contributed by atoms with Gasteiger partial charge in [0, 0.05) is 24.3 Å². The standard InChI is InChI=1S/C15H26N2S/c1-3-14(2)12-15(7-11-18-14)6-4-9-17(13-15)10-5-8-16/h3-7,9-13H2,1-2H3. The number of piperidine rings is 1. The highest BCUT2D eigenvalue weighted by Crippen LogP contribution is 2.51. The molecule has 2 unspecified atom stereocenters. The van der Waals surface area contributed by atoms with Crippen LogP contribution in [0.15, 0.2) is 0 Å². The van der Waals surface area contributed by atoms with Gasteiger partial charge in [-0.1, -0.05) is 13.8 Å². The van der Waals surface area contributed by atoms with Gasteiger partial charge in [-0.2, -0.15) is 17.0 Å². The van der Waals surface area contributed by atoms with Gasteiger partial charge in [0.05, 0.1) is 6.07 Å². The lowest BCUT2D eigenvalue weighted by Crippen LogP contribution is -2.49. The van der Waals surface area contributed by atoms with Crippen molar-refractivity contribution in [1.29, 1.82) is 5.26 Å². The second-order valence-corrected chi connectivity index (χ2v) is 8.05. The molecule has 1 spiro atoms. The molecule has 2 aliphatic heterocycles. The van der Waals surface area contributed by atoms with Gasteiger partial charge in [-0.25, -0.2) is 0 Å². The van der Waals surface area contributed by atoms with Crippen LogP contribution in [-0.2, 0) is 0 Å². The smallest absolute Gasteiger partial charge is 0.0635 e. The largest absolute Gasteiger partial charge is 0.302 e. The van der Waals surface area contributed by atoms with E-state index in [2.05, 4.69) is 36.6 Å². The van der Waals surface area contributed by atoms with Crippen LogP contribution >= 0.6 is 11.8 Å². The Bertz CT molecular complexity index is 321. The van der Waals surface area contributed by atoms with Gasteiger partial charge in [0.1, 0.15) is 0 Å². The molecule has 3 heteroatoms. The summed E-state index contributed by atoms with van der Waals surface area (Å²) in [6.07, 6.45) is 7.48. The maximum Gasteiger partial charge on any atom is 0.0635 e. The Hall–Kier alpha value is -0.200. The lowest BCUT2D eigenvalue weighted by molar-refractivity contribution is 0.0653. The molecule has 2 heterocycles. The molecule has 2 rings (SSSR count). The van der Waals surface area contributed by atoms with Crippen LogP contribution in [0, 0.1) is 16.7 Å². The zero-order chi connectivity index (χ0) is 13.1. The fourth-order valence-corrected chi connectivity index (χ4v) is 5.37. The highest BCUT2D eigenvalue weighted by atomic mass is 32.2. The summed E-state index contributed by atoms with van der Waals surface area (Å²) >= 11 is 2.18. The predicted octanol–water partition coefficient (Wildman–Crippen LogP) is 3.68. The Labute approximate surface area is 116 Å². The monoisotopic (exact) mass is 266 g/mol. The maximum absolute atomic E-state index is 8.74. The van der Waals surface area contributed by atoms with Crippen LogP contribution in [0.1, 0.15) is 52.4 Å². The molecule has 2 fully saturated rings. The molecule has 0 amide bonds. The molecule has 102 valence electrons. The molecular formula is C15H26N2S. The van der Waals surface area contributed by atoms with E-state index in [1.165, 1.54) is 50.9 Å². The van der Waals surface area contributed by atoms with Crippen LogP contribution in [0.4, 0.5) is 0 Å². The molecule has 18 heavy (non-hydrogen) atoms. The molecule has 0 aliphatic carbocycles. The van der Waals surface area contributed by atoms with Crippen molar-refractivity contribution in [2.24, 2.45) is 5.41 Å². The minimum atomic E-state index is 0.497. The lowest BCUT2D eigenvalue weighted by atomic mass is 9.70. The van der Waals surface area contributed by atoms with Gasteiger partial charge < -0.3 is 4.90 Å². The second-order valence-electron chi connectivity index (χ2n) is 6.37. The summed E-state index contributed by atoms with van der Waals surface area (Å²) in [5.41, 5.74) is 0.559. The zero-order valence-corrected chi connectivity index (χ0v) is 12.7. The number of rotatable bonds is 3. The van der Waals surface area contributed by atoms with Crippen molar-refractivity contribution in [2.75, 3.05) is 25.4 Å². The van der Waals surface area contributed by atoms with Gasteiger partial charge in [0.25, 0.3) is 0 Å². The molecule has 0 aromatic carbocycles. The van der Waals surface area contributed by atoms with Gasteiger partial charge in [-0.15, -0.1) is 0 Å². The van der Waals surface area contributed by atoms with Crippen molar-refractivity contribution in [1.82, 2.24) is 4.90 Å². The lowest BCUT2D eigenvalue weighted by Gasteiger charge is -2.50. The molecular weight excluding hydrogens is 240 g/mol. The van der Waals surface area contributed by atoms with Crippen molar-refractivity contribution in [3.63, 3.8) is 0 Å². The van der Waals surface area contributed by atoms with Crippen molar-refractivity contribution >= 4 is 11.8 Å². The van der Waals surface area contributed by atoms with Crippen LogP contribution in [0.3, 0.4) is 0 Å². The number of nitriles is 1. The average molecular weight is 266 g/mol. The molecule has 0 aromatic rings. The molecule has 0 radical (unpaired) electrons. The Morgan fingerprint density at radius 3 is 2.94 bits per heavy atom. The van der Waals surface area contributed by atoms with Crippen molar-refractivity contribution in [3.05, 3.63) is 0 Å². The molecule has 2 atom stereocenters. The van der Waals surface area contributed by atoms with E-state index >= 15 is 0 Å². The fourth-order valence-electron chi connectivity index (χ4n) is 3.73. The third-order valence-corrected chi connectivity index (χ3v) is 6.40. The van der Waals surface area contributed by atoms with E-state index in [4.69, 9.17) is 5.26 Å². The first-order valence-electron chi connectivity index (χ1n) is 7.35. The van der Waals surface area contributed by atoms with Gasteiger partial charge in [-0.3, -0.25) is 0 Å². The Morgan fingerprint density at radius 1 is 1.39 bits per heavy atom. The van der Waals surface area contributed by atoms with Crippen molar-refractivity contribution in [3.8, 4) is 6.07 Å². The topological polar surface area (TPSA) is 27.0 Å². The average Bonchev–Trinajstić information content (AvgIpc) is 2.36. The van der Waals surface area contributed by atoms with Gasteiger partial charge in [-0.05, 0) is 49.8 Å². The quantitative estimate of drug-likeness (QED) is 0.779. The third-order valence-electron chi connectivity index (χ3n) is 4.86. The summed E-state index contributed by atoms with van der Waals surface area (Å²) in [5.74, 6) is 1.33. The highest BCUT2D eigenvalue weighted by molar-refractivity contribution is 8.00. The Kier molecular flexibility index (Phi) is 4.61. The number of hydrogen-bond donors (Lipinski definition) is 0. The van der Waals surface area contributed by atoms with Crippen molar-refractivity contribution in [2.45, 2.75) is 57.1 Å². The first kappa shape index (κ1) is 14.2. The number of likely N-dealkylation sites (tertiary alicyclic amines) is 1. The maximum atomic E-state index is 8.74. The van der Waals surface area contributed by atoms with Crippen LogP contribution < -0.4 is 0 Å². The van der Waals surface area contributed by atoms with Gasteiger partial charge >= 0.3 is 0 Å². The van der Waals surface area contributed by atoms with E-state index in [1.54, 1.807) is 0 Å². The van der Waals surface area contributed by atoms with E-state index in [9.17, 15) is 0 Å². The molecule has 0 bridgehead atoms. The zero-order valence-electron chi connectivity index (χ0n) is 11.9. The van der Waals surface area contributed by atoms with Crippen molar-refractivity contribution < 1.29 is 0 Å². The SMILES string of the molecule is CCC1(C)CC2(CCCN(CCC#N)C2)CCS1. The normalized spacial score (nSPS) is 37.6. The third kappa shape index (κ3) is 3.22. The molecule has 0 aromatic heterocycles. The van der Waals surface area contributed by atoms with E-state index in [0.717, 1.165) is 6.54 Å². The molecule has 0 N–H and O–H groups in total. The summed E-state index contributed by atoms with van der Waals surface area (Å²) in [6, 6.07) is 2.29. The second kappa shape index (κ2) is 5.84. The van der Waals surface area contributed by atoms with Gasteiger partial charge in [0.2, 0.25) is 0 Å². The van der Waals surface area contributed by atoms with Crippen LogP contribution in [0.2, 0.25) is 0 Å². The van der Waals surface area contributed by atoms with E-state index in [-0.39, 0.29) is 0 Å². The van der Waals surface area contributed by atoms with Crippen LogP contribution in [0.5, 0.6) is 0 Å². The fraction of sp³-hybridized carbons (Fsp3) is 0.933. The first-order chi connectivity index (χ1) is 8.61. The summed E-state index contributed by atoms with van der Waals surface area (Å²) in [4.78, 5) is 2.54. The summed E-state index contributed by atoms with van der Waals surface area (Å²) in [6.45, 7) is 8.22. The van der Waals surface area contributed by atoms with E-state index in [0.29, 0.717) is 16.6 Å². The molecule has 2 aliphatic rings. The van der Waals surface area contributed by atoms with Gasteiger partial charge in [0.15, 0.2) is 0 Å². The Balaban J connectivity index is 1.99. The minimum Gasteiger partial charge on any atom is -0.302 e. The number of hydrogen-bond acceptors (Lipinski definition) is 3. The molecule has 2 saturated heterocycles. The van der Waals surface area contributed by atoms with E-state index < -0.39 is 0 Å². The Morgan fingerprint density at radius 2 is 2.22 bits per heavy atom. The summed E-state index contributed by atoms with van der Waals surface area (Å²) in [7, 11) is 0. The van der Waals surface area contributed by atoms with Crippen LogP contribution in [-0.4, -0.2) is 35.0 Å². The predicted molar refractivity (Wildman–Crippen MR) is 78.7 cm³/mol. The minimum absolute atomic E-state index is 0.497. The number of thioether (sulfide) groups is 1. The summed E-state index contributed by atoms with van der Waals surface area (Å²) < 4.78 is 0.497. The number of nitrogens with zero attached hydrogens (tertiary/aromatic N) is 2.